The third-order valence-corrected chi connectivity index (χ3v) is 2.48. The Hall–Kier alpha value is -1.51. The molecule has 0 saturated heterocycles. The molecule has 2 N–H and O–H groups in total. The van der Waals surface area contributed by atoms with Gasteiger partial charge in [0.15, 0.2) is 0 Å². The first-order chi connectivity index (χ1) is 7.63. The van der Waals surface area contributed by atoms with E-state index in [9.17, 15) is 9.90 Å². The van der Waals surface area contributed by atoms with Crippen LogP contribution in [0.2, 0.25) is 0 Å². The Morgan fingerprint density at radius 3 is 2.88 bits per heavy atom. The van der Waals surface area contributed by atoms with E-state index < -0.39 is 0 Å². The predicted octanol–water partition coefficient (Wildman–Crippen LogP) is 2.70. The molecule has 0 radical (unpaired) electrons. The van der Waals surface area contributed by atoms with Crippen LogP contribution in [0.4, 0.5) is 0 Å². The van der Waals surface area contributed by atoms with E-state index >= 15 is 0 Å². The zero-order valence-electron chi connectivity index (χ0n) is 9.86. The van der Waals surface area contributed by atoms with Crippen molar-refractivity contribution in [3.05, 3.63) is 29.8 Å². The Balaban J connectivity index is 2.52. The second kappa shape index (κ2) is 6.16. The fourth-order valence-electron chi connectivity index (χ4n) is 1.54. The Labute approximate surface area is 96.5 Å². The van der Waals surface area contributed by atoms with Gasteiger partial charge in [-0.25, -0.2) is 0 Å². The van der Waals surface area contributed by atoms with Crippen LogP contribution < -0.4 is 5.32 Å². The van der Waals surface area contributed by atoms with Gasteiger partial charge in [-0.3, -0.25) is 4.79 Å². The van der Waals surface area contributed by atoms with Crippen molar-refractivity contribution in [1.82, 2.24) is 5.32 Å². The van der Waals surface area contributed by atoms with Gasteiger partial charge in [-0.05, 0) is 31.5 Å². The van der Waals surface area contributed by atoms with Gasteiger partial charge in [0.1, 0.15) is 5.75 Å². The first kappa shape index (κ1) is 12.6. The molecule has 1 rings (SSSR count). The van der Waals surface area contributed by atoms with Gasteiger partial charge in [0.2, 0.25) is 0 Å². The molecule has 1 aromatic carbocycles. The number of phenols is 1. The lowest BCUT2D eigenvalue weighted by Gasteiger charge is -2.13. The quantitative estimate of drug-likeness (QED) is 0.803. The minimum absolute atomic E-state index is 0.119. The summed E-state index contributed by atoms with van der Waals surface area (Å²) in [5, 5.41) is 12.2. The molecule has 3 nitrogen and oxygen atoms in total. The van der Waals surface area contributed by atoms with Crippen LogP contribution in [0.15, 0.2) is 24.3 Å². The van der Waals surface area contributed by atoms with Gasteiger partial charge >= 0.3 is 0 Å². The van der Waals surface area contributed by atoms with Gasteiger partial charge in [0, 0.05) is 11.6 Å². The average molecular weight is 221 g/mol. The highest BCUT2D eigenvalue weighted by Gasteiger charge is 2.09. The third kappa shape index (κ3) is 3.93. The van der Waals surface area contributed by atoms with E-state index in [1.54, 1.807) is 18.2 Å². The lowest BCUT2D eigenvalue weighted by molar-refractivity contribution is 0.0937. The molecule has 0 saturated carbocycles. The van der Waals surface area contributed by atoms with Crippen molar-refractivity contribution in [1.29, 1.82) is 0 Å². The van der Waals surface area contributed by atoms with Crippen LogP contribution in [0, 0.1) is 0 Å². The Morgan fingerprint density at radius 2 is 2.25 bits per heavy atom. The number of carbonyl (C=O) groups is 1. The van der Waals surface area contributed by atoms with Gasteiger partial charge in [0.05, 0.1) is 0 Å². The Kier molecular flexibility index (Phi) is 4.83. The van der Waals surface area contributed by atoms with Crippen molar-refractivity contribution in [3.63, 3.8) is 0 Å². The van der Waals surface area contributed by atoms with Crippen molar-refractivity contribution in [2.45, 2.75) is 39.2 Å². The molecule has 0 aliphatic heterocycles. The summed E-state index contributed by atoms with van der Waals surface area (Å²) < 4.78 is 0. The van der Waals surface area contributed by atoms with E-state index in [1.165, 1.54) is 6.07 Å². The topological polar surface area (TPSA) is 49.3 Å². The third-order valence-electron chi connectivity index (χ3n) is 2.48. The number of nitrogens with one attached hydrogen (secondary N) is 1. The Morgan fingerprint density at radius 1 is 1.50 bits per heavy atom. The first-order valence-electron chi connectivity index (χ1n) is 5.73. The van der Waals surface area contributed by atoms with Crippen molar-refractivity contribution < 1.29 is 9.90 Å². The minimum Gasteiger partial charge on any atom is -0.508 e. The first-order valence-corrected chi connectivity index (χ1v) is 5.73. The van der Waals surface area contributed by atoms with Crippen LogP contribution >= 0.6 is 0 Å². The van der Waals surface area contributed by atoms with Crippen LogP contribution in [-0.4, -0.2) is 17.1 Å². The molecular weight excluding hydrogens is 202 g/mol. The van der Waals surface area contributed by atoms with E-state index in [0.717, 1.165) is 19.3 Å². The number of amides is 1. The normalized spacial score (nSPS) is 12.1. The highest BCUT2D eigenvalue weighted by atomic mass is 16.3. The fourth-order valence-corrected chi connectivity index (χ4v) is 1.54. The maximum Gasteiger partial charge on any atom is 0.251 e. The highest BCUT2D eigenvalue weighted by Crippen LogP contribution is 2.11. The summed E-state index contributed by atoms with van der Waals surface area (Å²) in [7, 11) is 0. The van der Waals surface area contributed by atoms with Crippen LogP contribution in [0.5, 0.6) is 5.75 Å². The molecule has 88 valence electrons. The number of carbonyl (C=O) groups excluding carboxylic acids is 1. The van der Waals surface area contributed by atoms with E-state index in [1.807, 2.05) is 6.92 Å². The van der Waals surface area contributed by atoms with Crippen molar-refractivity contribution in [2.75, 3.05) is 0 Å². The molecule has 0 aliphatic carbocycles. The van der Waals surface area contributed by atoms with Crippen LogP contribution in [0.1, 0.15) is 43.5 Å². The highest BCUT2D eigenvalue weighted by molar-refractivity contribution is 5.94. The zero-order chi connectivity index (χ0) is 12.0. The number of phenolic OH excluding ortho intramolecular Hbond substituents is 1. The van der Waals surface area contributed by atoms with E-state index in [4.69, 9.17) is 0 Å². The summed E-state index contributed by atoms with van der Waals surface area (Å²) in [4.78, 5) is 11.7. The van der Waals surface area contributed by atoms with Gasteiger partial charge in [-0.2, -0.15) is 0 Å². The van der Waals surface area contributed by atoms with Crippen LogP contribution in [0.3, 0.4) is 0 Å². The summed E-state index contributed by atoms with van der Waals surface area (Å²) in [5.74, 6) is -0.00614. The maximum atomic E-state index is 11.7. The molecule has 16 heavy (non-hydrogen) atoms. The molecule has 0 spiro atoms. The SMILES string of the molecule is CCCCC(C)NC(=O)c1cccc(O)c1. The monoisotopic (exact) mass is 221 g/mol. The summed E-state index contributed by atoms with van der Waals surface area (Å²) in [6, 6.07) is 6.57. The molecular formula is C13H19NO2. The van der Waals surface area contributed by atoms with E-state index in [2.05, 4.69) is 12.2 Å². The molecule has 1 amide bonds. The summed E-state index contributed by atoms with van der Waals surface area (Å²) in [6.07, 6.45) is 3.23. The van der Waals surface area contributed by atoms with Crippen molar-refractivity contribution in [2.24, 2.45) is 0 Å². The molecule has 1 atom stereocenters. The number of benzene rings is 1. The smallest absolute Gasteiger partial charge is 0.251 e. The molecule has 0 fully saturated rings. The van der Waals surface area contributed by atoms with Gasteiger partial charge < -0.3 is 10.4 Å². The molecule has 1 unspecified atom stereocenters. The Bertz CT molecular complexity index is 350. The van der Waals surface area contributed by atoms with Crippen molar-refractivity contribution in [3.8, 4) is 5.75 Å². The molecule has 0 aliphatic rings. The second-order valence-corrected chi connectivity index (χ2v) is 4.07. The van der Waals surface area contributed by atoms with Gasteiger partial charge in [-0.15, -0.1) is 0 Å². The lowest BCUT2D eigenvalue weighted by Crippen LogP contribution is -2.32. The number of hydrogen-bond acceptors (Lipinski definition) is 2. The average Bonchev–Trinajstić information content (AvgIpc) is 2.26. The zero-order valence-corrected chi connectivity index (χ0v) is 9.86. The maximum absolute atomic E-state index is 11.7. The number of hydrogen-bond donors (Lipinski definition) is 2. The molecule has 0 aromatic heterocycles. The van der Waals surface area contributed by atoms with E-state index in [0.29, 0.717) is 5.56 Å². The van der Waals surface area contributed by atoms with Crippen LogP contribution in [0.25, 0.3) is 0 Å². The molecule has 3 heteroatoms. The summed E-state index contributed by atoms with van der Waals surface area (Å²) >= 11 is 0. The lowest BCUT2D eigenvalue weighted by atomic mass is 10.1. The second-order valence-electron chi connectivity index (χ2n) is 4.07. The van der Waals surface area contributed by atoms with E-state index in [-0.39, 0.29) is 17.7 Å². The molecule has 0 heterocycles. The summed E-state index contributed by atoms with van der Waals surface area (Å²) in [6.45, 7) is 4.13. The van der Waals surface area contributed by atoms with Crippen molar-refractivity contribution >= 4 is 5.91 Å². The standard InChI is InChI=1S/C13H19NO2/c1-3-4-6-10(2)14-13(16)11-7-5-8-12(15)9-11/h5,7-10,15H,3-4,6H2,1-2H3,(H,14,16). The van der Waals surface area contributed by atoms with Gasteiger partial charge in [-0.1, -0.05) is 25.8 Å². The number of aromatic hydroxyl groups is 1. The number of unbranched alkanes of at least 4 members (excludes halogenated alkanes) is 1. The van der Waals surface area contributed by atoms with Crippen LogP contribution in [-0.2, 0) is 0 Å². The van der Waals surface area contributed by atoms with Gasteiger partial charge in [0.25, 0.3) is 5.91 Å². The molecule has 1 aromatic rings. The summed E-state index contributed by atoms with van der Waals surface area (Å²) in [5.41, 5.74) is 0.503. The minimum atomic E-state index is -0.125. The largest absolute Gasteiger partial charge is 0.508 e. The predicted molar refractivity (Wildman–Crippen MR) is 64.6 cm³/mol. The molecule has 0 bridgehead atoms. The number of rotatable bonds is 5. The fraction of sp³-hybridized carbons (Fsp3) is 0.462.